The van der Waals surface area contributed by atoms with Crippen molar-refractivity contribution in [2.75, 3.05) is 26.2 Å². The van der Waals surface area contributed by atoms with E-state index in [9.17, 15) is 9.59 Å². The Balaban J connectivity index is 0.00000231. The van der Waals surface area contributed by atoms with Crippen molar-refractivity contribution in [2.45, 2.75) is 12.0 Å². The van der Waals surface area contributed by atoms with E-state index in [0.717, 1.165) is 5.56 Å². The first-order valence-corrected chi connectivity index (χ1v) is 10.2. The molecule has 1 aromatic heterocycles. The van der Waals surface area contributed by atoms with Crippen LogP contribution in [0.1, 0.15) is 28.7 Å². The van der Waals surface area contributed by atoms with Crippen molar-refractivity contribution >= 4 is 18.5 Å². The number of H-pyrrole nitrogens is 1. The summed E-state index contributed by atoms with van der Waals surface area (Å²) in [7, 11) is 0. The highest BCUT2D eigenvalue weighted by molar-refractivity contribution is 5.85. The second kappa shape index (κ2) is 8.96. The Morgan fingerprint density at radius 1 is 1.00 bits per heavy atom. The third-order valence-corrected chi connectivity index (χ3v) is 6.01. The number of rotatable bonds is 3. The lowest BCUT2D eigenvalue weighted by Gasteiger charge is -2.35. The number of amides is 1. The van der Waals surface area contributed by atoms with Gasteiger partial charge >= 0.3 is 6.09 Å². The van der Waals surface area contributed by atoms with Gasteiger partial charge in [0.2, 0.25) is 5.56 Å². The predicted octanol–water partition coefficient (Wildman–Crippen LogP) is 3.69. The molecule has 1 fully saturated rings. The zero-order valence-electron chi connectivity index (χ0n) is 16.9. The standard InChI is InChI=1S/C24H23N3O3.ClH/c28-23-10-9-16(13-26-23)22-14-25-11-12-27(22)24(29)30-15-21-19-7-3-1-5-17(19)18-6-2-4-8-20(18)21;/h1-10,13,21-22,25H,11-12,14-15H2,(H,26,28);1H. The zero-order chi connectivity index (χ0) is 20.5. The lowest BCUT2D eigenvalue weighted by molar-refractivity contribution is 0.0752. The number of hydrogen-bond acceptors (Lipinski definition) is 4. The van der Waals surface area contributed by atoms with Crippen LogP contribution in [0.2, 0.25) is 0 Å². The van der Waals surface area contributed by atoms with Gasteiger partial charge in [0.25, 0.3) is 0 Å². The minimum absolute atomic E-state index is 0. The number of piperazine rings is 1. The van der Waals surface area contributed by atoms with E-state index in [2.05, 4.69) is 34.6 Å². The number of carbonyl (C=O) groups is 1. The molecule has 1 unspecified atom stereocenters. The molecule has 2 aliphatic rings. The van der Waals surface area contributed by atoms with Gasteiger partial charge in [0.15, 0.2) is 0 Å². The van der Waals surface area contributed by atoms with Gasteiger partial charge in [-0.1, -0.05) is 48.5 Å². The quantitative estimate of drug-likeness (QED) is 0.655. The van der Waals surface area contributed by atoms with Crippen LogP contribution in [0.15, 0.2) is 71.7 Å². The summed E-state index contributed by atoms with van der Waals surface area (Å²) >= 11 is 0. The lowest BCUT2D eigenvalue weighted by Crippen LogP contribution is -2.49. The molecule has 2 heterocycles. The van der Waals surface area contributed by atoms with Crippen molar-refractivity contribution in [1.82, 2.24) is 15.2 Å². The minimum atomic E-state index is -0.324. The highest BCUT2D eigenvalue weighted by atomic mass is 35.5. The molecule has 7 heteroatoms. The molecule has 3 aromatic rings. The summed E-state index contributed by atoms with van der Waals surface area (Å²) < 4.78 is 5.84. The monoisotopic (exact) mass is 437 g/mol. The molecule has 0 spiro atoms. The molecule has 5 rings (SSSR count). The molecule has 0 radical (unpaired) electrons. The highest BCUT2D eigenvalue weighted by Crippen LogP contribution is 2.44. The maximum absolute atomic E-state index is 13.0. The molecular formula is C24H24ClN3O3. The van der Waals surface area contributed by atoms with Crippen LogP contribution < -0.4 is 10.9 Å². The molecule has 6 nitrogen and oxygen atoms in total. The minimum Gasteiger partial charge on any atom is -0.448 e. The van der Waals surface area contributed by atoms with Crippen LogP contribution in [0.3, 0.4) is 0 Å². The number of pyridine rings is 1. The molecule has 1 amide bonds. The number of aromatic nitrogens is 1. The summed E-state index contributed by atoms with van der Waals surface area (Å²) in [5, 5.41) is 3.31. The summed E-state index contributed by atoms with van der Waals surface area (Å²) in [6.07, 6.45) is 1.35. The number of benzene rings is 2. The van der Waals surface area contributed by atoms with Crippen molar-refractivity contribution in [3.63, 3.8) is 0 Å². The fraction of sp³-hybridized carbons (Fsp3) is 0.250. The number of nitrogens with zero attached hydrogens (tertiary/aromatic N) is 1. The number of aromatic amines is 1. The third-order valence-electron chi connectivity index (χ3n) is 6.01. The predicted molar refractivity (Wildman–Crippen MR) is 122 cm³/mol. The van der Waals surface area contributed by atoms with Gasteiger partial charge < -0.3 is 15.0 Å². The van der Waals surface area contributed by atoms with E-state index in [1.54, 1.807) is 17.2 Å². The van der Waals surface area contributed by atoms with Gasteiger partial charge in [-0.2, -0.15) is 0 Å². The number of ether oxygens (including phenoxy) is 1. The number of hydrogen-bond donors (Lipinski definition) is 2. The van der Waals surface area contributed by atoms with Crippen LogP contribution in [0.4, 0.5) is 4.79 Å². The van der Waals surface area contributed by atoms with Crippen LogP contribution in [-0.2, 0) is 4.74 Å². The fourth-order valence-corrected chi connectivity index (χ4v) is 4.53. The smallest absolute Gasteiger partial charge is 0.410 e. The van der Waals surface area contributed by atoms with Crippen molar-refractivity contribution in [3.8, 4) is 11.1 Å². The largest absolute Gasteiger partial charge is 0.448 e. The second-order valence-corrected chi connectivity index (χ2v) is 7.70. The van der Waals surface area contributed by atoms with E-state index in [1.165, 1.54) is 28.3 Å². The van der Waals surface area contributed by atoms with Crippen molar-refractivity contribution in [2.24, 2.45) is 0 Å². The van der Waals surface area contributed by atoms with E-state index < -0.39 is 0 Å². The summed E-state index contributed by atoms with van der Waals surface area (Å²) in [5.74, 6) is 0.0378. The topological polar surface area (TPSA) is 74.4 Å². The molecule has 1 aliphatic heterocycles. The molecule has 0 bridgehead atoms. The average molecular weight is 438 g/mol. The number of carbonyl (C=O) groups excluding carboxylic acids is 1. The van der Waals surface area contributed by atoms with Crippen LogP contribution in [-0.4, -0.2) is 42.2 Å². The SMILES string of the molecule is Cl.O=C(OCC1c2ccccc2-c2ccccc21)N1CCNCC1c1ccc(=O)[nH]c1. The maximum Gasteiger partial charge on any atom is 0.410 e. The van der Waals surface area contributed by atoms with E-state index in [4.69, 9.17) is 4.74 Å². The van der Waals surface area contributed by atoms with E-state index >= 15 is 0 Å². The van der Waals surface area contributed by atoms with Gasteiger partial charge in [0.05, 0.1) is 6.04 Å². The molecule has 31 heavy (non-hydrogen) atoms. The molecule has 2 aromatic carbocycles. The van der Waals surface area contributed by atoms with Gasteiger partial charge in [0.1, 0.15) is 6.61 Å². The Hall–Kier alpha value is -3.09. The Morgan fingerprint density at radius 3 is 2.32 bits per heavy atom. The van der Waals surface area contributed by atoms with E-state index in [-0.39, 0.29) is 36.0 Å². The Kier molecular flexibility index (Phi) is 6.11. The van der Waals surface area contributed by atoms with Crippen LogP contribution in [0, 0.1) is 0 Å². The molecule has 0 saturated carbocycles. The molecule has 1 atom stereocenters. The van der Waals surface area contributed by atoms with Crippen molar-refractivity contribution in [3.05, 3.63) is 93.9 Å². The Labute approximate surface area is 186 Å². The summed E-state index contributed by atoms with van der Waals surface area (Å²) in [6.45, 7) is 2.19. The second-order valence-electron chi connectivity index (χ2n) is 7.70. The molecule has 160 valence electrons. The van der Waals surface area contributed by atoms with Crippen molar-refractivity contribution < 1.29 is 9.53 Å². The number of fused-ring (bicyclic) bond motifs is 3. The number of nitrogens with one attached hydrogen (secondary N) is 2. The Bertz CT molecular complexity index is 1080. The summed E-state index contributed by atoms with van der Waals surface area (Å²) in [5.41, 5.74) is 5.54. The number of halogens is 1. The lowest BCUT2D eigenvalue weighted by atomic mass is 9.98. The van der Waals surface area contributed by atoms with Gasteiger partial charge in [-0.25, -0.2) is 4.79 Å². The maximum atomic E-state index is 13.0. The Morgan fingerprint density at radius 2 is 1.68 bits per heavy atom. The zero-order valence-corrected chi connectivity index (χ0v) is 17.7. The molecule has 1 aliphatic carbocycles. The first-order chi connectivity index (χ1) is 14.7. The summed E-state index contributed by atoms with van der Waals surface area (Å²) in [6, 6.07) is 19.7. The average Bonchev–Trinajstić information content (AvgIpc) is 3.12. The highest BCUT2D eigenvalue weighted by Gasteiger charge is 2.32. The first kappa shape index (κ1) is 21.2. The van der Waals surface area contributed by atoms with Crippen LogP contribution >= 0.6 is 12.4 Å². The fourth-order valence-electron chi connectivity index (χ4n) is 4.53. The van der Waals surface area contributed by atoms with Crippen molar-refractivity contribution in [1.29, 1.82) is 0 Å². The van der Waals surface area contributed by atoms with Gasteiger partial charge in [-0.15, -0.1) is 12.4 Å². The molecular weight excluding hydrogens is 414 g/mol. The summed E-state index contributed by atoms with van der Waals surface area (Å²) in [4.78, 5) is 28.9. The van der Waals surface area contributed by atoms with Crippen LogP contribution in [0.25, 0.3) is 11.1 Å². The normalized spacial score (nSPS) is 17.4. The van der Waals surface area contributed by atoms with Gasteiger partial charge in [-0.05, 0) is 33.9 Å². The van der Waals surface area contributed by atoms with E-state index in [1.807, 2.05) is 24.3 Å². The van der Waals surface area contributed by atoms with Gasteiger partial charge in [0, 0.05) is 37.8 Å². The first-order valence-electron chi connectivity index (χ1n) is 10.2. The van der Waals surface area contributed by atoms with E-state index in [0.29, 0.717) is 26.2 Å². The molecule has 1 saturated heterocycles. The van der Waals surface area contributed by atoms with Gasteiger partial charge in [-0.3, -0.25) is 9.69 Å². The molecule has 2 N–H and O–H groups in total. The third kappa shape index (κ3) is 3.96. The van der Waals surface area contributed by atoms with Crippen LogP contribution in [0.5, 0.6) is 0 Å².